The molecule has 3 rings (SSSR count). The van der Waals surface area contributed by atoms with Crippen LogP contribution in [0.1, 0.15) is 94.9 Å². The summed E-state index contributed by atoms with van der Waals surface area (Å²) < 4.78 is 37.1. The normalized spacial score (nSPS) is 48.8. The molecule has 0 aromatic rings. The van der Waals surface area contributed by atoms with Gasteiger partial charge in [0.25, 0.3) is 0 Å². The molecule has 3 aliphatic rings. The molecule has 0 saturated carbocycles. The Morgan fingerprint density at radius 3 is 2.02 bits per heavy atom. The summed E-state index contributed by atoms with van der Waals surface area (Å²) in [7, 11) is 5.18. The van der Waals surface area contributed by atoms with Crippen LogP contribution in [0.2, 0.25) is 0 Å². The maximum Gasteiger partial charge on any atom is 0.311 e. The van der Waals surface area contributed by atoms with Gasteiger partial charge in [-0.05, 0) is 74.9 Å². The average molecular weight is 862 g/mol. The molecule has 0 aliphatic carbocycles. The van der Waals surface area contributed by atoms with Gasteiger partial charge in [0.15, 0.2) is 12.6 Å². The van der Waals surface area contributed by atoms with Crippen molar-refractivity contribution in [2.45, 2.75) is 179 Å². The summed E-state index contributed by atoms with van der Waals surface area (Å²) in [4.78, 5) is 29.8. The van der Waals surface area contributed by atoms with Gasteiger partial charge in [-0.25, -0.2) is 0 Å². The number of rotatable bonds is 7. The largest absolute Gasteiger partial charge is 0.459 e. The maximum absolute atomic E-state index is 14.1. The highest BCUT2D eigenvalue weighted by molar-refractivity contribution is 14.0. The lowest BCUT2D eigenvalue weighted by Gasteiger charge is -2.49. The number of carbonyl (C=O) groups is 2. The molecule has 0 radical (unpaired) electrons. The fraction of sp³-hybridized carbons (Fsp3) is 0.946. The minimum absolute atomic E-state index is 0. The number of aliphatic hydroxyl groups excluding tert-OH is 3. The molecule has 0 spiro atoms. The monoisotopic (exact) mass is 861 g/mol. The predicted molar refractivity (Wildman–Crippen MR) is 202 cm³/mol. The van der Waals surface area contributed by atoms with E-state index in [1.54, 1.807) is 41.5 Å². The van der Waals surface area contributed by atoms with Crippen molar-refractivity contribution in [3.8, 4) is 0 Å². The topological polar surface area (TPSA) is 194 Å². The molecule has 52 heavy (non-hydrogen) atoms. The van der Waals surface area contributed by atoms with Gasteiger partial charge in [-0.2, -0.15) is 0 Å². The quantitative estimate of drug-likeness (QED) is 0.185. The number of Topliss-reactive ketones (excluding diaryl/α,β-unsaturated/α-hetero) is 1. The number of ketones is 1. The highest BCUT2D eigenvalue weighted by atomic mass is 127. The zero-order valence-corrected chi connectivity index (χ0v) is 35.7. The highest BCUT2D eigenvalue weighted by Crippen LogP contribution is 2.40. The molecule has 0 bridgehead atoms. The van der Waals surface area contributed by atoms with E-state index >= 15 is 0 Å². The van der Waals surface area contributed by atoms with E-state index in [2.05, 4.69) is 0 Å². The molecule has 306 valence electrons. The van der Waals surface area contributed by atoms with E-state index < -0.39 is 108 Å². The smallest absolute Gasteiger partial charge is 0.311 e. The Bertz CT molecular complexity index is 1170. The van der Waals surface area contributed by atoms with Crippen molar-refractivity contribution in [1.29, 1.82) is 0 Å². The zero-order chi connectivity index (χ0) is 39.0. The molecule has 0 unspecified atom stereocenters. The van der Waals surface area contributed by atoms with E-state index in [1.165, 1.54) is 27.9 Å². The highest BCUT2D eigenvalue weighted by Gasteiger charge is 2.53. The maximum atomic E-state index is 14.1. The number of hydrogen-bond acceptors (Lipinski definition) is 14. The molecule has 3 aliphatic heterocycles. The van der Waals surface area contributed by atoms with Crippen molar-refractivity contribution in [3.05, 3.63) is 0 Å². The van der Waals surface area contributed by atoms with Gasteiger partial charge in [-0.15, -0.1) is 24.0 Å². The van der Waals surface area contributed by atoms with Gasteiger partial charge >= 0.3 is 5.97 Å². The first-order chi connectivity index (χ1) is 23.4. The summed E-state index contributed by atoms with van der Waals surface area (Å²) in [5.41, 5.74) is -4.84. The van der Waals surface area contributed by atoms with Crippen LogP contribution >= 0.6 is 24.0 Å². The van der Waals surface area contributed by atoms with Gasteiger partial charge < -0.3 is 58.9 Å². The van der Waals surface area contributed by atoms with Crippen LogP contribution in [0.25, 0.3) is 0 Å². The Labute approximate surface area is 327 Å². The van der Waals surface area contributed by atoms with Crippen LogP contribution in [-0.4, -0.2) is 148 Å². The van der Waals surface area contributed by atoms with Crippen molar-refractivity contribution >= 4 is 35.7 Å². The van der Waals surface area contributed by atoms with Crippen molar-refractivity contribution < 1.29 is 63.5 Å². The number of carbonyl (C=O) groups excluding carboxylic acids is 2. The van der Waals surface area contributed by atoms with Gasteiger partial charge in [-0.1, -0.05) is 27.7 Å². The van der Waals surface area contributed by atoms with Crippen LogP contribution in [0, 0.1) is 23.7 Å². The SMILES string of the molecule is CC[C@H]1OC(=O)[C@H](C)[C@@H](O[C@H]2C[C@@](C)(OC)[C@@H](O)[C@H](C)O2)[C@@H](C)[C@@H](O[C@@H]2O[C@H](C)C[C@H](N(C)C)[C@H]2O)[C@](C)(O)C[C@@H](C)C(=O)[C@H](C)[C@@H](O)[C@]1(C)O.I. The molecule has 0 amide bonds. The first-order valence-electron chi connectivity index (χ1n) is 18.5. The first kappa shape index (κ1) is 47.6. The van der Waals surface area contributed by atoms with Crippen molar-refractivity contribution in [2.75, 3.05) is 21.2 Å². The minimum atomic E-state index is -1.99. The molecule has 15 heteroatoms. The van der Waals surface area contributed by atoms with Crippen LogP contribution in [0.5, 0.6) is 0 Å². The molecule has 3 heterocycles. The summed E-state index contributed by atoms with van der Waals surface area (Å²) >= 11 is 0. The zero-order valence-electron chi connectivity index (χ0n) is 33.3. The number of methoxy groups -OCH3 is 1. The minimum Gasteiger partial charge on any atom is -0.459 e. The van der Waals surface area contributed by atoms with Crippen LogP contribution < -0.4 is 0 Å². The van der Waals surface area contributed by atoms with Gasteiger partial charge in [-0.3, -0.25) is 9.59 Å². The van der Waals surface area contributed by atoms with E-state index in [-0.39, 0.29) is 55.4 Å². The third-order valence-electron chi connectivity index (χ3n) is 11.8. The van der Waals surface area contributed by atoms with Crippen molar-refractivity contribution in [2.24, 2.45) is 23.7 Å². The second-order valence-electron chi connectivity index (χ2n) is 16.5. The first-order valence-corrected chi connectivity index (χ1v) is 18.5. The third-order valence-corrected chi connectivity index (χ3v) is 11.8. The fourth-order valence-electron chi connectivity index (χ4n) is 8.41. The lowest BCUT2D eigenvalue weighted by Crippen LogP contribution is -2.61. The number of ether oxygens (including phenoxy) is 6. The number of likely N-dealkylation sites (N-methyl/N-ethyl adjacent to an activating group) is 1. The molecular weight excluding hydrogens is 793 g/mol. The number of esters is 1. The molecular formula is C37H68INO13. The predicted octanol–water partition coefficient (Wildman–Crippen LogP) is 2.40. The summed E-state index contributed by atoms with van der Waals surface area (Å²) in [5.74, 6) is -4.98. The summed E-state index contributed by atoms with van der Waals surface area (Å²) in [6.07, 6.45) is -9.71. The Morgan fingerprint density at radius 1 is 0.885 bits per heavy atom. The van der Waals surface area contributed by atoms with E-state index in [4.69, 9.17) is 28.4 Å². The second-order valence-corrected chi connectivity index (χ2v) is 16.5. The van der Waals surface area contributed by atoms with Crippen LogP contribution in [0.4, 0.5) is 0 Å². The van der Waals surface area contributed by atoms with Crippen LogP contribution in [0.3, 0.4) is 0 Å². The molecule has 0 aromatic heterocycles. The van der Waals surface area contributed by atoms with Gasteiger partial charge in [0, 0.05) is 37.3 Å². The summed E-state index contributed by atoms with van der Waals surface area (Å²) in [5, 5.41) is 57.6. The second kappa shape index (κ2) is 18.6. The van der Waals surface area contributed by atoms with Crippen LogP contribution in [-0.2, 0) is 38.0 Å². The molecule has 14 nitrogen and oxygen atoms in total. The molecule has 0 aromatic carbocycles. The Morgan fingerprint density at radius 2 is 1.48 bits per heavy atom. The summed E-state index contributed by atoms with van der Waals surface area (Å²) in [6, 6.07) is -0.324. The Hall–Kier alpha value is -0.570. The molecule has 3 fully saturated rings. The number of aliphatic hydroxyl groups is 5. The van der Waals surface area contributed by atoms with Crippen molar-refractivity contribution in [3.63, 3.8) is 0 Å². The number of cyclic esters (lactones) is 1. The number of halogens is 1. The van der Waals surface area contributed by atoms with E-state index in [0.717, 1.165) is 0 Å². The summed E-state index contributed by atoms with van der Waals surface area (Å²) in [6.45, 7) is 16.3. The Balaban J connectivity index is 0.00000936. The van der Waals surface area contributed by atoms with Gasteiger partial charge in [0.1, 0.15) is 29.7 Å². The van der Waals surface area contributed by atoms with E-state index in [1.807, 2.05) is 25.9 Å². The lowest BCUT2D eigenvalue weighted by molar-refractivity contribution is -0.318. The van der Waals surface area contributed by atoms with Crippen molar-refractivity contribution in [1.82, 2.24) is 4.90 Å². The van der Waals surface area contributed by atoms with Crippen LogP contribution in [0.15, 0.2) is 0 Å². The molecule has 3 saturated heterocycles. The standard InChI is InChI=1S/C37H67NO13.HI/c1-14-25-37(10,45)30(41)20(4)27(39)18(2)16-35(8,44)32(51-34-28(40)24(38(11)12)15-19(3)47-34)21(5)29(22(6)33(43)49-25)50-26-17-36(9,46-13)31(42)23(7)48-26;/h18-26,28-32,34,40-42,44-45H,14-17H2,1-13H3;1H/t18-,19-,20+,21-,22-,23+,24+,25-,26+,28-,29+,30-,31+,32-,34+,35-,36-,37-;/m1./s1. The number of hydrogen-bond donors (Lipinski definition) is 5. The third kappa shape index (κ3) is 10.2. The Kier molecular flexibility index (Phi) is 17.0. The fourth-order valence-corrected chi connectivity index (χ4v) is 8.41. The van der Waals surface area contributed by atoms with Gasteiger partial charge in [0.05, 0.1) is 47.6 Å². The average Bonchev–Trinajstić information content (AvgIpc) is 3.05. The lowest BCUT2D eigenvalue weighted by atomic mass is 9.74. The van der Waals surface area contributed by atoms with E-state index in [0.29, 0.717) is 6.42 Å². The van der Waals surface area contributed by atoms with E-state index in [9.17, 15) is 35.1 Å². The van der Waals surface area contributed by atoms with Gasteiger partial charge in [0.2, 0.25) is 0 Å². The molecule has 18 atom stereocenters. The number of nitrogens with zero attached hydrogens (tertiary/aromatic N) is 1. The molecule has 5 N–H and O–H groups in total.